The predicted molar refractivity (Wildman–Crippen MR) is 130 cm³/mol. The number of aromatic hydroxyl groups is 2. The summed E-state index contributed by atoms with van der Waals surface area (Å²) in [6.45, 7) is 1.38. The molecule has 1 amide bonds. The van der Waals surface area contributed by atoms with Gasteiger partial charge < -0.3 is 24.4 Å². The summed E-state index contributed by atoms with van der Waals surface area (Å²) >= 11 is 0. The number of phenolic OH excluding ortho intramolecular Hbond substituents is 2. The summed E-state index contributed by atoms with van der Waals surface area (Å²) in [5, 5.41) is 21.1. The van der Waals surface area contributed by atoms with Gasteiger partial charge in [-0.25, -0.2) is 0 Å². The van der Waals surface area contributed by atoms with Crippen molar-refractivity contribution < 1.29 is 32.3 Å². The largest absolute Gasteiger partial charge is 0.508 e. The number of rotatable bonds is 6. The molecule has 5 rings (SSSR count). The van der Waals surface area contributed by atoms with E-state index in [0.29, 0.717) is 11.3 Å². The normalized spacial score (nSPS) is 21.2. The summed E-state index contributed by atoms with van der Waals surface area (Å²) in [6, 6.07) is 19.3. The number of nitrogens with one attached hydrogen (secondary N) is 1. The predicted octanol–water partition coefficient (Wildman–Crippen LogP) is 3.92. The lowest BCUT2D eigenvalue weighted by atomic mass is 9.83. The molecule has 2 bridgehead atoms. The van der Waals surface area contributed by atoms with Gasteiger partial charge in [0.05, 0.1) is 6.10 Å². The smallest absolute Gasteiger partial charge is 0.315 e. The highest BCUT2D eigenvalue weighted by molar-refractivity contribution is 7.87. The van der Waals surface area contributed by atoms with Gasteiger partial charge in [0, 0.05) is 19.0 Å². The number of ether oxygens (including phenoxy) is 1. The van der Waals surface area contributed by atoms with Gasteiger partial charge in [0.2, 0.25) is 5.91 Å². The molecule has 2 aliphatic heterocycles. The average molecular weight is 494 g/mol. The van der Waals surface area contributed by atoms with Gasteiger partial charge in [-0.2, -0.15) is 8.42 Å². The maximum Gasteiger partial charge on any atom is 0.315 e. The van der Waals surface area contributed by atoms with E-state index in [0.717, 1.165) is 16.7 Å². The van der Waals surface area contributed by atoms with Crippen LogP contribution < -0.4 is 9.50 Å². The lowest BCUT2D eigenvalue weighted by Gasteiger charge is -2.24. The summed E-state index contributed by atoms with van der Waals surface area (Å²) < 4.78 is 38.2. The molecule has 0 radical (unpaired) electrons. The highest BCUT2D eigenvalue weighted by Crippen LogP contribution is 2.51. The van der Waals surface area contributed by atoms with Gasteiger partial charge in [-0.15, -0.1) is 0 Å². The Bertz CT molecular complexity index is 1400. The van der Waals surface area contributed by atoms with Crippen LogP contribution in [0.3, 0.4) is 0 Å². The van der Waals surface area contributed by atoms with Crippen LogP contribution >= 0.6 is 0 Å². The summed E-state index contributed by atoms with van der Waals surface area (Å²) in [6.07, 6.45) is -1.02. The third kappa shape index (κ3) is 4.48. The Morgan fingerprint density at radius 3 is 1.97 bits per heavy atom. The number of carbonyl (C=O) groups excluding carboxylic acids is 1. The second kappa shape index (κ2) is 8.75. The number of anilines is 1. The molecule has 9 heteroatoms. The molecule has 0 aliphatic carbocycles. The fourth-order valence-corrected chi connectivity index (χ4v) is 6.04. The molecule has 0 unspecified atom stereocenters. The van der Waals surface area contributed by atoms with Crippen LogP contribution in [0.25, 0.3) is 11.1 Å². The van der Waals surface area contributed by atoms with Crippen molar-refractivity contribution in [2.75, 3.05) is 5.32 Å². The van der Waals surface area contributed by atoms with Crippen molar-refractivity contribution >= 4 is 32.9 Å². The average Bonchev–Trinajstić information content (AvgIpc) is 3.41. The van der Waals surface area contributed by atoms with Crippen molar-refractivity contribution in [3.05, 3.63) is 83.9 Å². The molecule has 3 N–H and O–H groups in total. The number of benzene rings is 3. The summed E-state index contributed by atoms with van der Waals surface area (Å²) in [4.78, 5) is 11.2. The van der Waals surface area contributed by atoms with E-state index in [9.17, 15) is 23.4 Å². The Labute approximate surface area is 202 Å². The summed E-state index contributed by atoms with van der Waals surface area (Å²) in [7, 11) is -4.08. The van der Waals surface area contributed by atoms with E-state index in [1.165, 1.54) is 19.1 Å². The standard InChI is InChI=1S/C26H23NO7S/c1-15(28)27-18-6-12-21(13-7-18)34-35(31,32)23-14-22-24(16-2-8-19(29)9-3-16)25(26(23)33-22)17-4-10-20(30)11-5-17/h2-13,22-23,26,29-30H,14H2,1H3,(H,27,28)/t22-,23+,26+/m0/s1. The van der Waals surface area contributed by atoms with E-state index in [1.807, 2.05) is 0 Å². The van der Waals surface area contributed by atoms with Crippen molar-refractivity contribution in [3.63, 3.8) is 0 Å². The molecule has 0 saturated carbocycles. The first kappa shape index (κ1) is 22.9. The van der Waals surface area contributed by atoms with E-state index in [-0.39, 0.29) is 29.6 Å². The lowest BCUT2D eigenvalue weighted by Crippen LogP contribution is -2.35. The van der Waals surface area contributed by atoms with Crippen molar-refractivity contribution in [1.82, 2.24) is 0 Å². The number of carbonyl (C=O) groups is 1. The fraction of sp³-hybridized carbons (Fsp3) is 0.192. The molecule has 0 spiro atoms. The third-order valence-electron chi connectivity index (χ3n) is 6.11. The van der Waals surface area contributed by atoms with E-state index < -0.39 is 27.6 Å². The van der Waals surface area contributed by atoms with Crippen LogP contribution in [0.15, 0.2) is 72.8 Å². The first-order chi connectivity index (χ1) is 16.7. The van der Waals surface area contributed by atoms with Crippen molar-refractivity contribution in [3.8, 4) is 17.2 Å². The highest BCUT2D eigenvalue weighted by atomic mass is 32.2. The van der Waals surface area contributed by atoms with Gasteiger partial charge in [0.15, 0.2) is 0 Å². The maximum absolute atomic E-state index is 13.3. The molecule has 2 aliphatic rings. The highest BCUT2D eigenvalue weighted by Gasteiger charge is 2.53. The van der Waals surface area contributed by atoms with Gasteiger partial charge in [-0.3, -0.25) is 4.79 Å². The van der Waals surface area contributed by atoms with Crippen molar-refractivity contribution in [2.45, 2.75) is 30.8 Å². The molecule has 3 atom stereocenters. The van der Waals surface area contributed by atoms with E-state index in [2.05, 4.69) is 5.32 Å². The van der Waals surface area contributed by atoms with Crippen LogP contribution in [0, 0.1) is 0 Å². The van der Waals surface area contributed by atoms with Crippen LogP contribution in [-0.2, 0) is 19.6 Å². The number of fused-ring (bicyclic) bond motifs is 2. The second-order valence-electron chi connectivity index (χ2n) is 8.52. The third-order valence-corrected chi connectivity index (χ3v) is 7.71. The minimum Gasteiger partial charge on any atom is -0.508 e. The van der Waals surface area contributed by atoms with Crippen LogP contribution in [0.4, 0.5) is 5.69 Å². The molecule has 0 aromatic heterocycles. The maximum atomic E-state index is 13.3. The van der Waals surface area contributed by atoms with Crippen LogP contribution in [0.1, 0.15) is 24.5 Å². The SMILES string of the molecule is CC(=O)Nc1ccc(OS(=O)(=O)[C@@H]2C[C@@H]3O[C@H]2C(c2ccc(O)cc2)=C3c2ccc(O)cc2)cc1. The van der Waals surface area contributed by atoms with Crippen LogP contribution in [0.5, 0.6) is 17.2 Å². The van der Waals surface area contributed by atoms with E-state index in [4.69, 9.17) is 8.92 Å². The molecule has 180 valence electrons. The van der Waals surface area contributed by atoms with Gasteiger partial charge >= 0.3 is 10.1 Å². The first-order valence-electron chi connectivity index (χ1n) is 11.0. The molecular weight excluding hydrogens is 470 g/mol. The molecule has 3 aromatic rings. The van der Waals surface area contributed by atoms with Crippen molar-refractivity contribution in [2.24, 2.45) is 0 Å². The molecule has 8 nitrogen and oxygen atoms in total. The topological polar surface area (TPSA) is 122 Å². The van der Waals surface area contributed by atoms with Gasteiger partial charge in [-0.1, -0.05) is 24.3 Å². The Hall–Kier alpha value is -3.82. The summed E-state index contributed by atoms with van der Waals surface area (Å²) in [5.41, 5.74) is 3.65. The van der Waals surface area contributed by atoms with Crippen LogP contribution in [0.2, 0.25) is 0 Å². The van der Waals surface area contributed by atoms with E-state index >= 15 is 0 Å². The molecule has 1 fully saturated rings. The van der Waals surface area contributed by atoms with Gasteiger partial charge in [0.1, 0.15) is 28.6 Å². The fourth-order valence-electron chi connectivity index (χ4n) is 4.63. The Morgan fingerprint density at radius 1 is 0.886 bits per heavy atom. The number of phenols is 2. The second-order valence-corrected chi connectivity index (χ2v) is 10.3. The zero-order valence-electron chi connectivity index (χ0n) is 18.7. The monoisotopic (exact) mass is 493 g/mol. The molecule has 1 saturated heterocycles. The van der Waals surface area contributed by atoms with E-state index in [1.54, 1.807) is 60.7 Å². The number of hydrogen-bond donors (Lipinski definition) is 3. The zero-order valence-corrected chi connectivity index (χ0v) is 19.5. The molecule has 2 heterocycles. The number of amides is 1. The molecular formula is C26H23NO7S. The Balaban J connectivity index is 1.48. The van der Waals surface area contributed by atoms with Gasteiger partial charge in [-0.05, 0) is 70.8 Å². The Morgan fingerprint density at radius 2 is 1.43 bits per heavy atom. The molecule has 3 aromatic carbocycles. The van der Waals surface area contributed by atoms with Crippen LogP contribution in [-0.4, -0.2) is 42.0 Å². The zero-order chi connectivity index (χ0) is 24.7. The van der Waals surface area contributed by atoms with Gasteiger partial charge in [0.25, 0.3) is 0 Å². The van der Waals surface area contributed by atoms with Crippen molar-refractivity contribution in [1.29, 1.82) is 0 Å². The minimum absolute atomic E-state index is 0.0971. The lowest BCUT2D eigenvalue weighted by molar-refractivity contribution is -0.114. The first-order valence-corrected chi connectivity index (χ1v) is 12.5. The minimum atomic E-state index is -4.08. The number of hydrogen-bond acceptors (Lipinski definition) is 7. The Kier molecular flexibility index (Phi) is 5.74. The summed E-state index contributed by atoms with van der Waals surface area (Å²) in [5.74, 6) is 0.127. The molecule has 35 heavy (non-hydrogen) atoms. The quantitative estimate of drug-likeness (QED) is 0.445.